The largest absolute Gasteiger partial charge is 0.481 e. The number of unbranched alkanes of at least 4 members (excludes halogenated alkanes) is 1. The van der Waals surface area contributed by atoms with Crippen LogP contribution in [0.1, 0.15) is 44.2 Å². The highest BCUT2D eigenvalue weighted by molar-refractivity contribution is 5.95. The number of aromatic amines is 1. The first kappa shape index (κ1) is 31.0. The van der Waals surface area contributed by atoms with E-state index in [0.717, 1.165) is 0 Å². The Kier molecular flexibility index (Phi) is 13.3. The zero-order valence-electron chi connectivity index (χ0n) is 20.1. The van der Waals surface area contributed by atoms with Crippen molar-refractivity contribution in [3.63, 3.8) is 0 Å². The summed E-state index contributed by atoms with van der Waals surface area (Å²) in [5.41, 5.74) is 16.8. The van der Waals surface area contributed by atoms with Gasteiger partial charge in [-0.25, -0.2) is 9.78 Å². The van der Waals surface area contributed by atoms with Gasteiger partial charge >= 0.3 is 11.9 Å². The molecule has 0 radical (unpaired) electrons. The van der Waals surface area contributed by atoms with E-state index < -0.39 is 66.2 Å². The van der Waals surface area contributed by atoms with Crippen LogP contribution in [0.25, 0.3) is 0 Å². The molecule has 4 unspecified atom stereocenters. The Balaban J connectivity index is 2.98. The van der Waals surface area contributed by atoms with Crippen LogP contribution >= 0.6 is 0 Å². The van der Waals surface area contributed by atoms with E-state index in [2.05, 4.69) is 25.9 Å². The van der Waals surface area contributed by atoms with Gasteiger partial charge in [0.1, 0.15) is 18.1 Å². The highest BCUT2D eigenvalue weighted by atomic mass is 16.4. The third-order valence-corrected chi connectivity index (χ3v) is 5.22. The van der Waals surface area contributed by atoms with Gasteiger partial charge in [0.15, 0.2) is 0 Å². The Morgan fingerprint density at radius 1 is 0.919 bits per heavy atom. The van der Waals surface area contributed by atoms with Crippen LogP contribution in [-0.4, -0.2) is 86.5 Å². The van der Waals surface area contributed by atoms with Crippen molar-refractivity contribution in [3.05, 3.63) is 18.2 Å². The van der Waals surface area contributed by atoms with Crippen molar-refractivity contribution in [3.8, 4) is 0 Å². The molecule has 0 saturated heterocycles. The molecule has 16 nitrogen and oxygen atoms in total. The third-order valence-electron chi connectivity index (χ3n) is 5.22. The number of imidazole rings is 1. The number of primary amides is 1. The van der Waals surface area contributed by atoms with Gasteiger partial charge in [-0.15, -0.1) is 0 Å². The average molecular weight is 527 g/mol. The van der Waals surface area contributed by atoms with Crippen molar-refractivity contribution in [2.24, 2.45) is 17.2 Å². The van der Waals surface area contributed by atoms with Crippen LogP contribution in [-0.2, 0) is 35.2 Å². The topological polar surface area (TPSA) is 286 Å². The fraction of sp³-hybridized carbons (Fsp3) is 0.571. The van der Waals surface area contributed by atoms with Crippen molar-refractivity contribution < 1.29 is 39.0 Å². The summed E-state index contributed by atoms with van der Waals surface area (Å²) in [7, 11) is 0. The highest BCUT2D eigenvalue weighted by Crippen LogP contribution is 2.05. The second-order valence-electron chi connectivity index (χ2n) is 8.30. The molecular formula is C21H34N8O8. The van der Waals surface area contributed by atoms with Gasteiger partial charge in [-0.1, -0.05) is 6.42 Å². The normalized spacial score (nSPS) is 14.0. The van der Waals surface area contributed by atoms with Crippen LogP contribution in [0.2, 0.25) is 0 Å². The summed E-state index contributed by atoms with van der Waals surface area (Å²) in [4.78, 5) is 78.8. The van der Waals surface area contributed by atoms with E-state index in [1.54, 1.807) is 0 Å². The minimum Gasteiger partial charge on any atom is -0.481 e. The lowest BCUT2D eigenvalue weighted by molar-refractivity contribution is -0.143. The molecule has 16 heteroatoms. The molecule has 1 rings (SSSR count). The van der Waals surface area contributed by atoms with Crippen LogP contribution in [0.15, 0.2) is 12.5 Å². The minimum atomic E-state index is -1.60. The molecule has 37 heavy (non-hydrogen) atoms. The van der Waals surface area contributed by atoms with E-state index in [1.165, 1.54) is 12.5 Å². The zero-order valence-corrected chi connectivity index (χ0v) is 20.1. The Labute approximate surface area is 212 Å². The summed E-state index contributed by atoms with van der Waals surface area (Å²) in [6, 6.07) is -5.50. The maximum absolute atomic E-state index is 12.9. The number of H-pyrrole nitrogens is 1. The summed E-state index contributed by atoms with van der Waals surface area (Å²) in [5.74, 6) is -6.36. The monoisotopic (exact) mass is 526 g/mol. The number of nitrogens with two attached hydrogens (primary N) is 3. The minimum absolute atomic E-state index is 0.155. The van der Waals surface area contributed by atoms with Crippen LogP contribution < -0.4 is 33.2 Å². The standard InChI is InChI=1S/C21H34N8O8/c22-6-2-1-3-12(23)18(33)28-14(8-17(31)32)20(35)27-13(4-5-16(24)30)19(34)29-15(21(36)37)7-11-9-25-10-26-11/h9-10,12-15H,1-8,22-23H2,(H2,24,30)(H,25,26)(H,27,35)(H,28,33)(H,29,34)(H,31,32)(H,36,37). The van der Waals surface area contributed by atoms with Crippen molar-refractivity contribution in [2.45, 2.75) is 69.1 Å². The fourth-order valence-corrected chi connectivity index (χ4v) is 3.22. The second kappa shape index (κ2) is 15.8. The van der Waals surface area contributed by atoms with Crippen LogP contribution in [0.3, 0.4) is 0 Å². The summed E-state index contributed by atoms with van der Waals surface area (Å²) in [5, 5.41) is 25.5. The van der Waals surface area contributed by atoms with Crippen molar-refractivity contribution in [1.29, 1.82) is 0 Å². The number of aromatic nitrogens is 2. The maximum Gasteiger partial charge on any atom is 0.326 e. The number of hydrogen-bond donors (Lipinski definition) is 9. The Hall–Kier alpha value is -4.05. The number of amides is 4. The van der Waals surface area contributed by atoms with E-state index in [1.807, 2.05) is 0 Å². The van der Waals surface area contributed by atoms with E-state index in [-0.39, 0.29) is 25.7 Å². The van der Waals surface area contributed by atoms with Crippen LogP contribution in [0.5, 0.6) is 0 Å². The molecule has 0 fully saturated rings. The number of rotatable bonds is 18. The van der Waals surface area contributed by atoms with E-state index in [0.29, 0.717) is 25.1 Å². The molecule has 206 valence electrons. The summed E-state index contributed by atoms with van der Waals surface area (Å²) < 4.78 is 0. The highest BCUT2D eigenvalue weighted by Gasteiger charge is 2.31. The van der Waals surface area contributed by atoms with Gasteiger partial charge in [0.05, 0.1) is 18.8 Å². The van der Waals surface area contributed by atoms with Gasteiger partial charge in [-0.3, -0.25) is 24.0 Å². The molecule has 0 saturated carbocycles. The summed E-state index contributed by atoms with van der Waals surface area (Å²) >= 11 is 0. The number of carbonyl (C=O) groups excluding carboxylic acids is 4. The molecule has 0 aliphatic carbocycles. The van der Waals surface area contributed by atoms with Gasteiger partial charge in [0, 0.05) is 24.7 Å². The van der Waals surface area contributed by atoms with Crippen molar-refractivity contribution in [1.82, 2.24) is 25.9 Å². The number of hydrogen-bond acceptors (Lipinski definition) is 9. The zero-order chi connectivity index (χ0) is 28.0. The van der Waals surface area contributed by atoms with Crippen LogP contribution in [0.4, 0.5) is 0 Å². The third kappa shape index (κ3) is 12.0. The average Bonchev–Trinajstić information content (AvgIpc) is 3.33. The molecule has 1 heterocycles. The smallest absolute Gasteiger partial charge is 0.326 e. The molecule has 0 aliphatic rings. The SMILES string of the molecule is NCCCCC(N)C(=O)NC(CC(=O)O)C(=O)NC(CCC(N)=O)C(=O)NC(Cc1cnc[nH]1)C(=O)O. The van der Waals surface area contributed by atoms with E-state index in [9.17, 15) is 39.0 Å². The number of nitrogens with one attached hydrogen (secondary N) is 4. The van der Waals surface area contributed by atoms with Gasteiger partial charge < -0.3 is 48.3 Å². The number of carbonyl (C=O) groups is 6. The molecule has 4 atom stereocenters. The van der Waals surface area contributed by atoms with Crippen molar-refractivity contribution in [2.75, 3.05) is 6.54 Å². The second-order valence-corrected chi connectivity index (χ2v) is 8.30. The predicted octanol–water partition coefficient (Wildman–Crippen LogP) is -3.31. The molecule has 4 amide bonds. The molecular weight excluding hydrogens is 492 g/mol. The molecule has 0 aliphatic heterocycles. The Bertz CT molecular complexity index is 939. The lowest BCUT2D eigenvalue weighted by atomic mass is 10.1. The quantitative estimate of drug-likeness (QED) is 0.0853. The number of carboxylic acid groups (broad SMARTS) is 2. The number of carboxylic acids is 2. The van der Waals surface area contributed by atoms with Gasteiger partial charge in [0.2, 0.25) is 23.6 Å². The molecule has 0 aromatic carbocycles. The Morgan fingerprint density at radius 2 is 1.54 bits per heavy atom. The predicted molar refractivity (Wildman–Crippen MR) is 127 cm³/mol. The van der Waals surface area contributed by atoms with Gasteiger partial charge in [0.25, 0.3) is 0 Å². The first-order valence-corrected chi connectivity index (χ1v) is 11.5. The molecule has 0 bridgehead atoms. The summed E-state index contributed by atoms with van der Waals surface area (Å²) in [6.45, 7) is 0.401. The fourth-order valence-electron chi connectivity index (χ4n) is 3.22. The van der Waals surface area contributed by atoms with E-state index in [4.69, 9.17) is 17.2 Å². The Morgan fingerprint density at radius 3 is 2.08 bits per heavy atom. The lowest BCUT2D eigenvalue weighted by Crippen LogP contribution is -2.57. The molecule has 1 aromatic heterocycles. The van der Waals surface area contributed by atoms with Gasteiger partial charge in [-0.2, -0.15) is 0 Å². The van der Waals surface area contributed by atoms with Crippen LogP contribution in [0, 0.1) is 0 Å². The molecule has 1 aromatic rings. The number of aliphatic carboxylic acids is 2. The lowest BCUT2D eigenvalue weighted by Gasteiger charge is -2.24. The summed E-state index contributed by atoms with van der Waals surface area (Å²) in [6.07, 6.45) is 2.47. The first-order chi connectivity index (χ1) is 17.4. The molecule has 0 spiro atoms. The first-order valence-electron chi connectivity index (χ1n) is 11.5. The van der Waals surface area contributed by atoms with E-state index >= 15 is 0 Å². The molecule has 12 N–H and O–H groups in total. The van der Waals surface area contributed by atoms with Crippen molar-refractivity contribution >= 4 is 35.6 Å². The maximum atomic E-state index is 12.9. The van der Waals surface area contributed by atoms with Gasteiger partial charge in [-0.05, 0) is 25.8 Å². The number of nitrogens with zero attached hydrogens (tertiary/aromatic N) is 1.